The van der Waals surface area contributed by atoms with Crippen LogP contribution in [0.4, 0.5) is 5.69 Å². The molecular weight excluding hydrogens is 464 g/mol. The number of hydrogen-bond donors (Lipinski definition) is 2. The van der Waals surface area contributed by atoms with E-state index in [1.165, 1.54) is 6.07 Å². The van der Waals surface area contributed by atoms with Crippen LogP contribution in [-0.4, -0.2) is 34.7 Å². The predicted octanol–water partition coefficient (Wildman–Crippen LogP) is 4.68. The highest BCUT2D eigenvalue weighted by Gasteiger charge is 2.24. The summed E-state index contributed by atoms with van der Waals surface area (Å²) >= 11 is 0. The zero-order valence-electron chi connectivity index (χ0n) is 20.6. The highest BCUT2D eigenvalue weighted by molar-refractivity contribution is 5.92. The minimum atomic E-state index is -0.571. The molecule has 0 aliphatic rings. The van der Waals surface area contributed by atoms with E-state index in [9.17, 15) is 4.79 Å². The zero-order valence-corrected chi connectivity index (χ0v) is 20.6. The van der Waals surface area contributed by atoms with E-state index in [4.69, 9.17) is 9.97 Å². The molecule has 0 radical (unpaired) electrons. The van der Waals surface area contributed by atoms with E-state index in [0.29, 0.717) is 33.9 Å². The van der Waals surface area contributed by atoms with Crippen molar-refractivity contribution in [1.29, 1.82) is 0 Å². The van der Waals surface area contributed by atoms with Crippen LogP contribution in [0.5, 0.6) is 0 Å². The van der Waals surface area contributed by atoms with Crippen LogP contribution in [0.3, 0.4) is 0 Å². The number of fused-ring (bicyclic) bond motifs is 2. The quantitative estimate of drug-likeness (QED) is 0.362. The van der Waals surface area contributed by atoms with Crippen LogP contribution in [0.25, 0.3) is 44.7 Å². The lowest BCUT2D eigenvalue weighted by Gasteiger charge is -2.27. The first-order valence-electron chi connectivity index (χ1n) is 11.9. The molecule has 182 valence electrons. The molecule has 0 unspecified atom stereocenters. The van der Waals surface area contributed by atoms with E-state index >= 15 is 0 Å². The third-order valence-electron chi connectivity index (χ3n) is 6.25. The molecule has 0 aliphatic heterocycles. The van der Waals surface area contributed by atoms with Gasteiger partial charge in [-0.25, -0.2) is 9.97 Å². The molecular formula is C28H24N8O. The zero-order chi connectivity index (χ0) is 25.6. The van der Waals surface area contributed by atoms with Gasteiger partial charge in [-0.3, -0.25) is 19.4 Å². The summed E-state index contributed by atoms with van der Waals surface area (Å²) in [4.78, 5) is 34.4. The van der Waals surface area contributed by atoms with Gasteiger partial charge in [0.05, 0.1) is 28.1 Å². The Labute approximate surface area is 212 Å². The van der Waals surface area contributed by atoms with E-state index in [1.54, 1.807) is 17.1 Å². The third-order valence-corrected chi connectivity index (χ3v) is 6.25. The van der Waals surface area contributed by atoms with Crippen molar-refractivity contribution in [3.63, 3.8) is 0 Å². The summed E-state index contributed by atoms with van der Waals surface area (Å²) in [6.07, 6.45) is 5.38. The lowest BCUT2D eigenvalue weighted by molar-refractivity contribution is 0.588. The Morgan fingerprint density at radius 2 is 1.78 bits per heavy atom. The van der Waals surface area contributed by atoms with Crippen molar-refractivity contribution in [1.82, 2.24) is 34.7 Å². The number of rotatable bonds is 5. The lowest BCUT2D eigenvalue weighted by Crippen LogP contribution is -2.30. The standard InChI is InChI=1S/C28H24N8O/c1-28(2,22-8-4-5-12-30-22)34-21-16-23(37)31-27-26(21)32-24(25(33-27)20-11-14-36(3)35-20)18-9-10-19-17(15-18)7-6-13-29-19/h4-16H,1-3H3,(H2,31,33,34,37). The monoisotopic (exact) mass is 488 g/mol. The number of anilines is 1. The number of hydrogen-bond acceptors (Lipinski definition) is 7. The summed E-state index contributed by atoms with van der Waals surface area (Å²) < 4.78 is 1.71. The van der Waals surface area contributed by atoms with Crippen LogP contribution in [0, 0.1) is 0 Å². The Morgan fingerprint density at radius 3 is 2.57 bits per heavy atom. The van der Waals surface area contributed by atoms with Crippen LogP contribution in [0.1, 0.15) is 19.5 Å². The second-order valence-corrected chi connectivity index (χ2v) is 9.42. The maximum absolute atomic E-state index is 12.7. The van der Waals surface area contributed by atoms with Gasteiger partial charge in [0.25, 0.3) is 5.56 Å². The number of nitrogens with one attached hydrogen (secondary N) is 2. The van der Waals surface area contributed by atoms with Gasteiger partial charge in [0, 0.05) is 42.7 Å². The molecule has 0 bridgehead atoms. The second-order valence-electron chi connectivity index (χ2n) is 9.42. The Kier molecular flexibility index (Phi) is 5.26. The third kappa shape index (κ3) is 4.20. The first kappa shape index (κ1) is 22.5. The number of aryl methyl sites for hydroxylation is 1. The average molecular weight is 489 g/mol. The maximum Gasteiger partial charge on any atom is 0.251 e. The smallest absolute Gasteiger partial charge is 0.251 e. The fourth-order valence-electron chi connectivity index (χ4n) is 4.44. The molecule has 6 aromatic rings. The molecule has 0 saturated heterocycles. The van der Waals surface area contributed by atoms with E-state index in [2.05, 4.69) is 25.4 Å². The van der Waals surface area contributed by atoms with Gasteiger partial charge in [-0.2, -0.15) is 5.10 Å². The number of benzene rings is 1. The Morgan fingerprint density at radius 1 is 0.919 bits per heavy atom. The molecule has 0 fully saturated rings. The Hall–Kier alpha value is -4.92. The Bertz CT molecular complexity index is 1820. The van der Waals surface area contributed by atoms with Gasteiger partial charge >= 0.3 is 0 Å². The van der Waals surface area contributed by atoms with Crippen molar-refractivity contribution in [2.75, 3.05) is 5.32 Å². The Balaban J connectivity index is 1.59. The lowest BCUT2D eigenvalue weighted by atomic mass is 9.99. The van der Waals surface area contributed by atoms with E-state index in [1.807, 2.05) is 81.7 Å². The van der Waals surface area contributed by atoms with Gasteiger partial charge in [-0.1, -0.05) is 18.2 Å². The summed E-state index contributed by atoms with van der Waals surface area (Å²) in [7, 11) is 1.85. The van der Waals surface area contributed by atoms with Gasteiger partial charge in [0.15, 0.2) is 5.65 Å². The SMILES string of the molecule is Cn1ccc(-c2nc3[nH]c(=O)cc(NC(C)(C)c4ccccn4)c3nc2-c2ccc3ncccc3c2)n1. The fraction of sp³-hybridized carbons (Fsp3) is 0.143. The van der Waals surface area contributed by atoms with Crippen molar-refractivity contribution in [3.8, 4) is 22.6 Å². The molecule has 5 aromatic heterocycles. The second kappa shape index (κ2) is 8.63. The normalized spacial score (nSPS) is 11.8. The molecule has 0 atom stereocenters. The van der Waals surface area contributed by atoms with Crippen molar-refractivity contribution < 1.29 is 0 Å². The molecule has 0 saturated carbocycles. The predicted molar refractivity (Wildman–Crippen MR) is 144 cm³/mol. The van der Waals surface area contributed by atoms with E-state index in [0.717, 1.165) is 22.2 Å². The van der Waals surface area contributed by atoms with Crippen LogP contribution in [0.15, 0.2) is 84.0 Å². The van der Waals surface area contributed by atoms with Crippen LogP contribution >= 0.6 is 0 Å². The van der Waals surface area contributed by atoms with Gasteiger partial charge in [-0.15, -0.1) is 0 Å². The number of pyridine rings is 3. The van der Waals surface area contributed by atoms with Gasteiger partial charge in [0.2, 0.25) is 0 Å². The number of nitrogens with zero attached hydrogens (tertiary/aromatic N) is 6. The van der Waals surface area contributed by atoms with Crippen LogP contribution in [-0.2, 0) is 12.6 Å². The molecule has 0 spiro atoms. The average Bonchev–Trinajstić information content (AvgIpc) is 3.34. The largest absolute Gasteiger partial charge is 0.372 e. The summed E-state index contributed by atoms with van der Waals surface area (Å²) in [5.41, 5.74) is 5.13. The van der Waals surface area contributed by atoms with Crippen molar-refractivity contribution in [3.05, 3.63) is 95.3 Å². The molecule has 2 N–H and O–H groups in total. The summed E-state index contributed by atoms with van der Waals surface area (Å²) in [5, 5.41) is 9.03. The van der Waals surface area contributed by atoms with Crippen molar-refractivity contribution in [2.24, 2.45) is 7.05 Å². The maximum atomic E-state index is 12.7. The van der Waals surface area contributed by atoms with E-state index < -0.39 is 5.54 Å². The first-order chi connectivity index (χ1) is 17.9. The molecule has 6 rings (SSSR count). The van der Waals surface area contributed by atoms with Gasteiger partial charge in [0.1, 0.15) is 16.9 Å². The van der Waals surface area contributed by atoms with E-state index in [-0.39, 0.29) is 5.56 Å². The number of H-pyrrole nitrogens is 1. The molecule has 0 aliphatic carbocycles. The summed E-state index contributed by atoms with van der Waals surface area (Å²) in [6.45, 7) is 4.02. The molecule has 9 heteroatoms. The number of aromatic nitrogens is 7. The topological polar surface area (TPSA) is 114 Å². The molecule has 0 amide bonds. The molecule has 37 heavy (non-hydrogen) atoms. The summed E-state index contributed by atoms with van der Waals surface area (Å²) in [5.74, 6) is 0. The number of aromatic amines is 1. The molecule has 1 aromatic carbocycles. The highest BCUT2D eigenvalue weighted by Crippen LogP contribution is 2.34. The minimum absolute atomic E-state index is 0.280. The summed E-state index contributed by atoms with van der Waals surface area (Å²) in [6, 6.07) is 19.1. The first-order valence-corrected chi connectivity index (χ1v) is 11.9. The molecule has 5 heterocycles. The van der Waals surface area contributed by atoms with Crippen molar-refractivity contribution in [2.45, 2.75) is 19.4 Å². The van der Waals surface area contributed by atoms with Crippen molar-refractivity contribution >= 4 is 27.8 Å². The van der Waals surface area contributed by atoms with Gasteiger partial charge < -0.3 is 10.3 Å². The van der Waals surface area contributed by atoms with Crippen LogP contribution < -0.4 is 10.9 Å². The molecule has 9 nitrogen and oxygen atoms in total. The highest BCUT2D eigenvalue weighted by atomic mass is 16.1. The van der Waals surface area contributed by atoms with Crippen LogP contribution in [0.2, 0.25) is 0 Å². The fourth-order valence-corrected chi connectivity index (χ4v) is 4.44. The van der Waals surface area contributed by atoms with Gasteiger partial charge in [-0.05, 0) is 50.2 Å². The minimum Gasteiger partial charge on any atom is -0.372 e.